The summed E-state index contributed by atoms with van der Waals surface area (Å²) in [6, 6.07) is 17.6. The van der Waals surface area contributed by atoms with E-state index in [-0.39, 0.29) is 11.7 Å². The monoisotopic (exact) mass is 434 g/mol. The SMILES string of the molecule is CC[C@H](NC(=O)/C(=C/c1ccco1)NC(=O)c1ccc(OC)c(OC)c1)c1ccccc1. The first kappa shape index (κ1) is 22.7. The molecule has 7 heteroatoms. The zero-order chi connectivity index (χ0) is 22.9. The Hall–Kier alpha value is -4.00. The highest BCUT2D eigenvalue weighted by atomic mass is 16.5. The van der Waals surface area contributed by atoms with Crippen LogP contribution in [0.15, 0.2) is 77.0 Å². The van der Waals surface area contributed by atoms with E-state index in [1.54, 1.807) is 30.3 Å². The number of benzene rings is 2. The van der Waals surface area contributed by atoms with Crippen LogP contribution in [-0.4, -0.2) is 26.0 Å². The minimum atomic E-state index is -0.466. The van der Waals surface area contributed by atoms with Crippen LogP contribution in [-0.2, 0) is 4.79 Å². The normalized spacial score (nSPS) is 12.0. The predicted octanol–water partition coefficient (Wildman–Crippen LogP) is 4.34. The quantitative estimate of drug-likeness (QED) is 0.489. The van der Waals surface area contributed by atoms with E-state index in [0.29, 0.717) is 29.2 Å². The summed E-state index contributed by atoms with van der Waals surface area (Å²) >= 11 is 0. The van der Waals surface area contributed by atoms with Crippen LogP contribution in [0, 0.1) is 0 Å². The largest absolute Gasteiger partial charge is 0.493 e. The van der Waals surface area contributed by atoms with E-state index in [2.05, 4.69) is 10.6 Å². The number of carbonyl (C=O) groups is 2. The van der Waals surface area contributed by atoms with Crippen LogP contribution < -0.4 is 20.1 Å². The van der Waals surface area contributed by atoms with Gasteiger partial charge in [0.2, 0.25) is 0 Å². The Bertz CT molecular complexity index is 1070. The van der Waals surface area contributed by atoms with Crippen molar-refractivity contribution in [3.05, 3.63) is 89.5 Å². The number of hydrogen-bond acceptors (Lipinski definition) is 5. The van der Waals surface area contributed by atoms with Crippen molar-refractivity contribution in [2.24, 2.45) is 0 Å². The molecule has 0 fully saturated rings. The van der Waals surface area contributed by atoms with Crippen LogP contribution in [0.5, 0.6) is 11.5 Å². The van der Waals surface area contributed by atoms with Crippen molar-refractivity contribution in [1.29, 1.82) is 0 Å². The second kappa shape index (κ2) is 10.9. The number of nitrogens with one attached hydrogen (secondary N) is 2. The second-order valence-corrected chi connectivity index (χ2v) is 6.94. The van der Waals surface area contributed by atoms with E-state index in [9.17, 15) is 9.59 Å². The Labute approximate surface area is 187 Å². The van der Waals surface area contributed by atoms with Gasteiger partial charge in [0.25, 0.3) is 11.8 Å². The minimum Gasteiger partial charge on any atom is -0.493 e. The molecule has 2 amide bonds. The fourth-order valence-corrected chi connectivity index (χ4v) is 3.19. The Balaban J connectivity index is 1.85. The van der Waals surface area contributed by atoms with Crippen LogP contribution in [0.4, 0.5) is 0 Å². The highest BCUT2D eigenvalue weighted by Gasteiger charge is 2.20. The number of hydrogen-bond donors (Lipinski definition) is 2. The lowest BCUT2D eigenvalue weighted by molar-refractivity contribution is -0.118. The molecule has 3 rings (SSSR count). The third-order valence-corrected chi connectivity index (χ3v) is 4.88. The molecule has 0 radical (unpaired) electrons. The van der Waals surface area contributed by atoms with Crippen LogP contribution in [0.1, 0.15) is 41.1 Å². The van der Waals surface area contributed by atoms with E-state index in [1.165, 1.54) is 26.6 Å². The Morgan fingerprint density at radius 3 is 2.38 bits per heavy atom. The summed E-state index contributed by atoms with van der Waals surface area (Å²) in [6.45, 7) is 1.98. The van der Waals surface area contributed by atoms with Crippen molar-refractivity contribution in [2.45, 2.75) is 19.4 Å². The first-order valence-corrected chi connectivity index (χ1v) is 10.2. The third-order valence-electron chi connectivity index (χ3n) is 4.88. The molecule has 2 N–H and O–H groups in total. The molecule has 166 valence electrons. The first-order valence-electron chi connectivity index (χ1n) is 10.2. The maximum absolute atomic E-state index is 13.1. The van der Waals surface area contributed by atoms with E-state index in [0.717, 1.165) is 5.56 Å². The van der Waals surface area contributed by atoms with E-state index in [4.69, 9.17) is 13.9 Å². The van der Waals surface area contributed by atoms with Crippen molar-refractivity contribution in [3.8, 4) is 11.5 Å². The fourth-order valence-electron chi connectivity index (χ4n) is 3.19. The summed E-state index contributed by atoms with van der Waals surface area (Å²) in [5.41, 5.74) is 1.36. The molecule has 2 aromatic carbocycles. The molecule has 0 bridgehead atoms. The molecule has 0 aliphatic carbocycles. The van der Waals surface area contributed by atoms with Gasteiger partial charge in [-0.2, -0.15) is 0 Å². The fraction of sp³-hybridized carbons (Fsp3) is 0.200. The van der Waals surface area contributed by atoms with Crippen molar-refractivity contribution >= 4 is 17.9 Å². The van der Waals surface area contributed by atoms with Crippen molar-refractivity contribution in [2.75, 3.05) is 14.2 Å². The average Bonchev–Trinajstić information content (AvgIpc) is 3.35. The van der Waals surface area contributed by atoms with Gasteiger partial charge in [0, 0.05) is 11.6 Å². The van der Waals surface area contributed by atoms with Crippen molar-refractivity contribution in [3.63, 3.8) is 0 Å². The summed E-state index contributed by atoms with van der Waals surface area (Å²) in [7, 11) is 3.01. The summed E-state index contributed by atoms with van der Waals surface area (Å²) in [5, 5.41) is 5.68. The summed E-state index contributed by atoms with van der Waals surface area (Å²) in [6.07, 6.45) is 3.68. The van der Waals surface area contributed by atoms with Gasteiger partial charge in [-0.15, -0.1) is 0 Å². The van der Waals surface area contributed by atoms with Gasteiger partial charge in [0.15, 0.2) is 11.5 Å². The molecule has 0 saturated carbocycles. The summed E-state index contributed by atoms with van der Waals surface area (Å²) in [4.78, 5) is 26.0. The van der Waals surface area contributed by atoms with Gasteiger partial charge in [0.05, 0.1) is 26.5 Å². The van der Waals surface area contributed by atoms with Gasteiger partial charge in [0.1, 0.15) is 11.5 Å². The molecular formula is C25H26N2O5. The lowest BCUT2D eigenvalue weighted by Crippen LogP contribution is -2.36. The molecule has 0 saturated heterocycles. The molecular weight excluding hydrogens is 408 g/mol. The molecule has 0 spiro atoms. The lowest BCUT2D eigenvalue weighted by atomic mass is 10.0. The van der Waals surface area contributed by atoms with Gasteiger partial charge in [-0.25, -0.2) is 0 Å². The van der Waals surface area contributed by atoms with E-state index >= 15 is 0 Å². The maximum atomic E-state index is 13.1. The van der Waals surface area contributed by atoms with Crippen LogP contribution in [0.25, 0.3) is 6.08 Å². The van der Waals surface area contributed by atoms with Crippen LogP contribution in [0.3, 0.4) is 0 Å². The number of rotatable bonds is 9. The Kier molecular flexibility index (Phi) is 7.70. The summed E-state index contributed by atoms with van der Waals surface area (Å²) in [5.74, 6) is 0.464. The predicted molar refractivity (Wildman–Crippen MR) is 121 cm³/mol. The topological polar surface area (TPSA) is 89.8 Å². The highest BCUT2D eigenvalue weighted by Crippen LogP contribution is 2.27. The van der Waals surface area contributed by atoms with Gasteiger partial charge in [-0.1, -0.05) is 37.3 Å². The molecule has 7 nitrogen and oxygen atoms in total. The number of amides is 2. The maximum Gasteiger partial charge on any atom is 0.268 e. The number of ether oxygens (including phenoxy) is 2. The molecule has 32 heavy (non-hydrogen) atoms. The highest BCUT2D eigenvalue weighted by molar-refractivity contribution is 6.05. The standard InChI is InChI=1S/C25H26N2O5/c1-4-20(17-9-6-5-7-10-17)26-25(29)21(16-19-11-8-14-32-19)27-24(28)18-12-13-22(30-2)23(15-18)31-3/h5-16,20H,4H2,1-3H3,(H,26,29)(H,27,28)/b21-16-/t20-/m0/s1. The van der Waals surface area contributed by atoms with Crippen molar-refractivity contribution in [1.82, 2.24) is 10.6 Å². The summed E-state index contributed by atoms with van der Waals surface area (Å²) < 4.78 is 15.8. The lowest BCUT2D eigenvalue weighted by Gasteiger charge is -2.19. The third kappa shape index (κ3) is 5.57. The van der Waals surface area contributed by atoms with E-state index < -0.39 is 11.8 Å². The zero-order valence-electron chi connectivity index (χ0n) is 18.3. The van der Waals surface area contributed by atoms with Gasteiger partial charge >= 0.3 is 0 Å². The second-order valence-electron chi connectivity index (χ2n) is 6.94. The van der Waals surface area contributed by atoms with E-state index in [1.807, 2.05) is 37.3 Å². The molecule has 1 heterocycles. The van der Waals surface area contributed by atoms with Crippen molar-refractivity contribution < 1.29 is 23.5 Å². The van der Waals surface area contributed by atoms with Gasteiger partial charge < -0.3 is 24.5 Å². The van der Waals surface area contributed by atoms with Gasteiger partial charge in [-0.3, -0.25) is 9.59 Å². The first-order chi connectivity index (χ1) is 15.5. The number of carbonyl (C=O) groups excluding carboxylic acids is 2. The van der Waals surface area contributed by atoms with Crippen LogP contribution in [0.2, 0.25) is 0 Å². The molecule has 3 aromatic rings. The molecule has 0 unspecified atom stereocenters. The minimum absolute atomic E-state index is 0.0640. The van der Waals surface area contributed by atoms with Gasteiger partial charge in [-0.05, 0) is 42.3 Å². The molecule has 0 aliphatic rings. The molecule has 1 aromatic heterocycles. The Morgan fingerprint density at radius 2 is 1.75 bits per heavy atom. The number of furan rings is 1. The average molecular weight is 434 g/mol. The van der Waals surface area contributed by atoms with Crippen LogP contribution >= 0.6 is 0 Å². The Morgan fingerprint density at radius 1 is 1.00 bits per heavy atom. The number of methoxy groups -OCH3 is 2. The zero-order valence-corrected chi connectivity index (χ0v) is 18.3. The molecule has 0 aliphatic heterocycles. The smallest absolute Gasteiger partial charge is 0.268 e. The molecule has 1 atom stereocenters.